The highest BCUT2D eigenvalue weighted by atomic mass is 32.1. The maximum atomic E-state index is 5.79. The van der Waals surface area contributed by atoms with Crippen molar-refractivity contribution in [3.8, 4) is 5.75 Å². The lowest BCUT2D eigenvalue weighted by atomic mass is 10.2. The second-order valence-corrected chi connectivity index (χ2v) is 6.32. The van der Waals surface area contributed by atoms with E-state index >= 15 is 0 Å². The summed E-state index contributed by atoms with van der Waals surface area (Å²) in [6, 6.07) is 8.36. The van der Waals surface area contributed by atoms with E-state index in [-0.39, 0.29) is 0 Å². The highest BCUT2D eigenvalue weighted by molar-refractivity contribution is 6.99. The van der Waals surface area contributed by atoms with Gasteiger partial charge in [0, 0.05) is 13.1 Å². The van der Waals surface area contributed by atoms with Gasteiger partial charge in [0.1, 0.15) is 12.4 Å². The molecule has 1 aliphatic heterocycles. The predicted molar refractivity (Wildman–Crippen MR) is 98.4 cm³/mol. The van der Waals surface area contributed by atoms with Crippen LogP contribution in [0.15, 0.2) is 36.4 Å². The van der Waals surface area contributed by atoms with Crippen molar-refractivity contribution >= 4 is 23.4 Å². The molecule has 6 nitrogen and oxygen atoms in total. The molecule has 3 rings (SSSR count). The van der Waals surface area contributed by atoms with Crippen molar-refractivity contribution in [2.75, 3.05) is 37.3 Å². The lowest BCUT2D eigenvalue weighted by Gasteiger charge is -2.15. The zero-order chi connectivity index (χ0) is 16.6. The number of nitrogens with one attached hydrogen (secondary N) is 1. The average Bonchev–Trinajstić information content (AvgIpc) is 3.23. The summed E-state index contributed by atoms with van der Waals surface area (Å²) in [4.78, 5) is 2.49. The topological polar surface area (TPSA) is 76.3 Å². The zero-order valence-corrected chi connectivity index (χ0v) is 14.5. The monoisotopic (exact) mass is 345 g/mol. The molecule has 1 saturated heterocycles. The van der Waals surface area contributed by atoms with Crippen molar-refractivity contribution in [2.45, 2.75) is 19.4 Å². The van der Waals surface area contributed by atoms with Crippen LogP contribution in [0.2, 0.25) is 0 Å². The summed E-state index contributed by atoms with van der Waals surface area (Å²) in [5.41, 5.74) is 6.96. The molecule has 128 valence electrons. The Morgan fingerprint density at radius 1 is 1.25 bits per heavy atom. The first-order chi connectivity index (χ1) is 11.8. The Balaban J connectivity index is 1.39. The normalized spacial score (nSPS) is 15.2. The largest absolute Gasteiger partial charge is 0.490 e. The molecule has 2 aromatic rings. The molecule has 0 aliphatic carbocycles. The van der Waals surface area contributed by atoms with Gasteiger partial charge in [0.05, 0.1) is 11.7 Å². The second kappa shape index (κ2) is 8.65. The summed E-state index contributed by atoms with van der Waals surface area (Å²) in [6.45, 7) is 4.62. The first-order valence-corrected chi connectivity index (χ1v) is 8.95. The van der Waals surface area contributed by atoms with Crippen molar-refractivity contribution in [3.05, 3.63) is 42.0 Å². The summed E-state index contributed by atoms with van der Waals surface area (Å²) < 4.78 is 13.8. The number of hydrogen-bond acceptors (Lipinski definition) is 7. The van der Waals surface area contributed by atoms with Crippen LogP contribution < -0.4 is 15.8 Å². The van der Waals surface area contributed by atoms with Crippen molar-refractivity contribution in [1.82, 2.24) is 13.6 Å². The van der Waals surface area contributed by atoms with Gasteiger partial charge in [-0.1, -0.05) is 18.2 Å². The van der Waals surface area contributed by atoms with Crippen LogP contribution >= 0.6 is 11.7 Å². The van der Waals surface area contributed by atoms with E-state index in [1.165, 1.54) is 31.5 Å². The van der Waals surface area contributed by atoms with Gasteiger partial charge in [-0.15, -0.1) is 0 Å². The standard InChI is InChI=1S/C17H23N5OS/c18-16-17(21-24-20-16)19-8-1-4-11-23-15-7-5-6-14(12-15)13-22-9-2-3-10-22/h1,4-7,12H,2-3,8-11,13H2,(H2,18,20)(H,19,21). The van der Waals surface area contributed by atoms with E-state index in [2.05, 4.69) is 37.2 Å². The van der Waals surface area contributed by atoms with Gasteiger partial charge < -0.3 is 15.8 Å². The summed E-state index contributed by atoms with van der Waals surface area (Å²) in [5.74, 6) is 2.00. The summed E-state index contributed by atoms with van der Waals surface area (Å²) in [6.07, 6.45) is 6.61. The van der Waals surface area contributed by atoms with E-state index < -0.39 is 0 Å². The van der Waals surface area contributed by atoms with E-state index in [0.29, 0.717) is 24.8 Å². The number of hydrogen-bond donors (Lipinski definition) is 2. The van der Waals surface area contributed by atoms with Crippen molar-refractivity contribution in [2.24, 2.45) is 0 Å². The fraction of sp³-hybridized carbons (Fsp3) is 0.412. The Kier molecular flexibility index (Phi) is 6.03. The Bertz CT molecular complexity index is 667. The number of anilines is 2. The highest BCUT2D eigenvalue weighted by Gasteiger charge is 2.11. The van der Waals surface area contributed by atoms with Crippen LogP contribution in [-0.4, -0.2) is 39.9 Å². The minimum absolute atomic E-state index is 0.444. The van der Waals surface area contributed by atoms with E-state index in [1.807, 2.05) is 18.2 Å². The zero-order valence-electron chi connectivity index (χ0n) is 13.6. The van der Waals surface area contributed by atoms with Gasteiger partial charge in [0.25, 0.3) is 0 Å². The van der Waals surface area contributed by atoms with E-state index in [0.717, 1.165) is 24.0 Å². The van der Waals surface area contributed by atoms with Crippen molar-refractivity contribution in [1.29, 1.82) is 0 Å². The van der Waals surface area contributed by atoms with Crippen LogP contribution in [0.3, 0.4) is 0 Å². The van der Waals surface area contributed by atoms with Crippen molar-refractivity contribution < 1.29 is 4.74 Å². The second-order valence-electron chi connectivity index (χ2n) is 5.79. The lowest BCUT2D eigenvalue weighted by Crippen LogP contribution is -2.18. The third-order valence-corrected chi connectivity index (χ3v) is 4.46. The number of nitrogens with two attached hydrogens (primary N) is 1. The Labute approximate surface area is 146 Å². The quantitative estimate of drug-likeness (QED) is 0.717. The fourth-order valence-electron chi connectivity index (χ4n) is 2.70. The molecule has 2 heterocycles. The van der Waals surface area contributed by atoms with Crippen LogP contribution in [0.5, 0.6) is 5.75 Å². The number of nitrogens with zero attached hydrogens (tertiary/aromatic N) is 3. The molecule has 1 aromatic heterocycles. The van der Waals surface area contributed by atoms with Gasteiger partial charge >= 0.3 is 0 Å². The smallest absolute Gasteiger partial charge is 0.184 e. The molecule has 24 heavy (non-hydrogen) atoms. The summed E-state index contributed by atoms with van der Waals surface area (Å²) >= 11 is 1.10. The number of ether oxygens (including phenoxy) is 1. The number of aromatic nitrogens is 2. The van der Waals surface area contributed by atoms with Crippen LogP contribution in [0.25, 0.3) is 0 Å². The molecular formula is C17H23N5OS. The predicted octanol–water partition coefficient (Wildman–Crippen LogP) is 2.76. The molecule has 0 radical (unpaired) electrons. The molecule has 1 aromatic carbocycles. The van der Waals surface area contributed by atoms with Crippen LogP contribution in [-0.2, 0) is 6.54 Å². The summed E-state index contributed by atoms with van der Waals surface area (Å²) in [5, 5.41) is 3.11. The third-order valence-electron chi connectivity index (χ3n) is 3.92. The summed E-state index contributed by atoms with van der Waals surface area (Å²) in [7, 11) is 0. The molecule has 0 spiro atoms. The van der Waals surface area contributed by atoms with E-state index in [9.17, 15) is 0 Å². The lowest BCUT2D eigenvalue weighted by molar-refractivity contribution is 0.328. The Hall–Kier alpha value is -2.12. The van der Waals surface area contributed by atoms with Gasteiger partial charge in [-0.2, -0.15) is 8.75 Å². The average molecular weight is 345 g/mol. The molecule has 7 heteroatoms. The number of rotatable bonds is 8. The molecule has 0 unspecified atom stereocenters. The van der Waals surface area contributed by atoms with E-state index in [1.54, 1.807) is 0 Å². The van der Waals surface area contributed by atoms with Gasteiger partial charge in [0.2, 0.25) is 0 Å². The highest BCUT2D eigenvalue weighted by Crippen LogP contribution is 2.17. The molecule has 3 N–H and O–H groups in total. The SMILES string of the molecule is Nc1nsnc1NCC=CCOc1cccc(CN2CCCC2)c1. The fourth-order valence-corrected chi connectivity index (χ4v) is 3.16. The number of benzene rings is 1. The minimum atomic E-state index is 0.444. The van der Waals surface area contributed by atoms with Crippen LogP contribution in [0, 0.1) is 0 Å². The number of likely N-dealkylation sites (tertiary alicyclic amines) is 1. The van der Waals surface area contributed by atoms with Gasteiger partial charge in [0.15, 0.2) is 11.6 Å². The van der Waals surface area contributed by atoms with Crippen LogP contribution in [0.4, 0.5) is 11.6 Å². The molecule has 1 aliphatic rings. The molecule has 0 saturated carbocycles. The van der Waals surface area contributed by atoms with E-state index in [4.69, 9.17) is 10.5 Å². The van der Waals surface area contributed by atoms with Crippen molar-refractivity contribution in [3.63, 3.8) is 0 Å². The molecular weight excluding hydrogens is 322 g/mol. The first kappa shape index (κ1) is 16.7. The Morgan fingerprint density at radius 2 is 2.12 bits per heavy atom. The maximum Gasteiger partial charge on any atom is 0.184 e. The number of nitrogen functional groups attached to an aromatic ring is 1. The molecule has 0 amide bonds. The first-order valence-electron chi connectivity index (χ1n) is 8.22. The van der Waals surface area contributed by atoms with Crippen LogP contribution in [0.1, 0.15) is 18.4 Å². The minimum Gasteiger partial charge on any atom is -0.490 e. The molecule has 1 fully saturated rings. The maximum absolute atomic E-state index is 5.79. The third kappa shape index (κ3) is 4.94. The van der Waals surface area contributed by atoms with Gasteiger partial charge in [-0.05, 0) is 49.7 Å². The Morgan fingerprint density at radius 3 is 2.92 bits per heavy atom. The van der Waals surface area contributed by atoms with Gasteiger partial charge in [-0.3, -0.25) is 4.90 Å². The molecule has 0 atom stereocenters. The van der Waals surface area contributed by atoms with Gasteiger partial charge in [-0.25, -0.2) is 0 Å². The molecule has 0 bridgehead atoms.